The van der Waals surface area contributed by atoms with E-state index < -0.39 is 12.1 Å². The minimum atomic E-state index is -0.975. The number of benzene rings is 2. The highest BCUT2D eigenvalue weighted by Gasteiger charge is 2.26. The molecule has 1 unspecified atom stereocenters. The molecule has 6 heteroatoms. The van der Waals surface area contributed by atoms with Gasteiger partial charge in [0.2, 0.25) is 6.10 Å². The number of halogens is 2. The molecule has 2 rings (SSSR count). The maximum atomic E-state index is 12.3. The van der Waals surface area contributed by atoms with Crippen LogP contribution < -0.4 is 0 Å². The van der Waals surface area contributed by atoms with Crippen LogP contribution in [0.2, 0.25) is 10.0 Å². The van der Waals surface area contributed by atoms with Gasteiger partial charge in [0.15, 0.2) is 0 Å². The van der Waals surface area contributed by atoms with Crippen LogP contribution in [0.4, 0.5) is 0 Å². The van der Waals surface area contributed by atoms with Crippen molar-refractivity contribution in [2.45, 2.75) is 12.5 Å². The van der Waals surface area contributed by atoms with E-state index in [0.29, 0.717) is 21.2 Å². The molecule has 24 heavy (non-hydrogen) atoms. The van der Waals surface area contributed by atoms with Crippen LogP contribution in [-0.2, 0) is 20.7 Å². The SMILES string of the molecule is CN(C)C(=O)C(OC(=O)Cc1ccc(Cl)c(Cl)c1)c1ccccc1. The molecule has 0 aliphatic carbocycles. The van der Waals surface area contributed by atoms with Crippen molar-refractivity contribution in [1.82, 2.24) is 4.90 Å². The molecule has 2 aromatic rings. The minimum Gasteiger partial charge on any atom is -0.447 e. The second-order valence-corrected chi connectivity index (χ2v) is 6.25. The molecular formula is C18H17Cl2NO3. The minimum absolute atomic E-state index is 0.000924. The highest BCUT2D eigenvalue weighted by atomic mass is 35.5. The number of esters is 1. The van der Waals surface area contributed by atoms with Gasteiger partial charge in [0, 0.05) is 19.7 Å². The maximum absolute atomic E-state index is 12.3. The van der Waals surface area contributed by atoms with Gasteiger partial charge in [-0.15, -0.1) is 0 Å². The molecule has 4 nitrogen and oxygen atoms in total. The van der Waals surface area contributed by atoms with Gasteiger partial charge in [-0.25, -0.2) is 0 Å². The fourth-order valence-corrected chi connectivity index (χ4v) is 2.43. The van der Waals surface area contributed by atoms with Crippen molar-refractivity contribution in [3.8, 4) is 0 Å². The molecular weight excluding hydrogens is 349 g/mol. The van der Waals surface area contributed by atoms with Crippen LogP contribution in [0.15, 0.2) is 48.5 Å². The van der Waals surface area contributed by atoms with E-state index in [1.165, 1.54) is 4.90 Å². The zero-order valence-corrected chi connectivity index (χ0v) is 14.8. The number of amides is 1. The quantitative estimate of drug-likeness (QED) is 0.754. The molecule has 0 bridgehead atoms. The zero-order valence-electron chi connectivity index (χ0n) is 13.3. The van der Waals surface area contributed by atoms with Crippen LogP contribution in [-0.4, -0.2) is 30.9 Å². The molecule has 0 radical (unpaired) electrons. The summed E-state index contributed by atoms with van der Waals surface area (Å²) in [5.74, 6) is -0.818. The Morgan fingerprint density at radius 1 is 1.04 bits per heavy atom. The second kappa shape index (κ2) is 8.18. The van der Waals surface area contributed by atoms with Crippen LogP contribution >= 0.6 is 23.2 Å². The van der Waals surface area contributed by atoms with Gasteiger partial charge in [0.05, 0.1) is 16.5 Å². The molecule has 0 saturated heterocycles. The Balaban J connectivity index is 2.15. The smallest absolute Gasteiger partial charge is 0.311 e. The predicted molar refractivity (Wildman–Crippen MR) is 94.1 cm³/mol. The fraction of sp³-hybridized carbons (Fsp3) is 0.222. The van der Waals surface area contributed by atoms with Crippen LogP contribution in [0.5, 0.6) is 0 Å². The molecule has 2 aromatic carbocycles. The fourth-order valence-electron chi connectivity index (χ4n) is 2.11. The van der Waals surface area contributed by atoms with E-state index in [1.807, 2.05) is 6.07 Å². The highest BCUT2D eigenvalue weighted by molar-refractivity contribution is 6.42. The largest absolute Gasteiger partial charge is 0.447 e. The summed E-state index contributed by atoms with van der Waals surface area (Å²) in [6.45, 7) is 0. The molecule has 0 saturated carbocycles. The first-order chi connectivity index (χ1) is 11.4. The van der Waals surface area contributed by atoms with Gasteiger partial charge in [0.25, 0.3) is 5.91 Å². The standard InChI is InChI=1S/C18H17Cl2NO3/c1-21(2)18(23)17(13-6-4-3-5-7-13)24-16(22)11-12-8-9-14(19)15(20)10-12/h3-10,17H,11H2,1-2H3. The van der Waals surface area contributed by atoms with E-state index in [0.717, 1.165) is 0 Å². The van der Waals surface area contributed by atoms with Crippen molar-refractivity contribution >= 4 is 35.1 Å². The van der Waals surface area contributed by atoms with Gasteiger partial charge in [-0.2, -0.15) is 0 Å². The van der Waals surface area contributed by atoms with Crippen LogP contribution in [0.1, 0.15) is 17.2 Å². The van der Waals surface area contributed by atoms with Crippen molar-refractivity contribution in [2.75, 3.05) is 14.1 Å². The number of carbonyl (C=O) groups is 2. The molecule has 1 atom stereocenters. The number of likely N-dealkylation sites (N-methyl/N-ethyl adjacent to an activating group) is 1. The van der Waals surface area contributed by atoms with E-state index >= 15 is 0 Å². The first kappa shape index (κ1) is 18.3. The monoisotopic (exact) mass is 365 g/mol. The molecule has 0 aromatic heterocycles. The summed E-state index contributed by atoms with van der Waals surface area (Å²) >= 11 is 11.8. The third-order valence-corrected chi connectivity index (χ3v) is 4.09. The van der Waals surface area contributed by atoms with E-state index in [-0.39, 0.29) is 12.3 Å². The lowest BCUT2D eigenvalue weighted by molar-refractivity contribution is -0.159. The summed E-state index contributed by atoms with van der Waals surface area (Å²) in [5, 5.41) is 0.782. The van der Waals surface area contributed by atoms with Crippen LogP contribution in [0.3, 0.4) is 0 Å². The van der Waals surface area contributed by atoms with Gasteiger partial charge in [0.1, 0.15) is 0 Å². The van der Waals surface area contributed by atoms with Gasteiger partial charge >= 0.3 is 5.97 Å². The molecule has 0 aliphatic rings. The third-order valence-electron chi connectivity index (χ3n) is 3.35. The number of nitrogens with zero attached hydrogens (tertiary/aromatic N) is 1. The lowest BCUT2D eigenvalue weighted by Gasteiger charge is -2.21. The Bertz CT molecular complexity index is 732. The van der Waals surface area contributed by atoms with E-state index in [9.17, 15) is 9.59 Å². The summed E-state index contributed by atoms with van der Waals surface area (Å²) in [7, 11) is 3.23. The van der Waals surface area contributed by atoms with Gasteiger partial charge < -0.3 is 9.64 Å². The average molecular weight is 366 g/mol. The molecule has 0 heterocycles. The van der Waals surface area contributed by atoms with E-state index in [2.05, 4.69) is 0 Å². The van der Waals surface area contributed by atoms with E-state index in [4.69, 9.17) is 27.9 Å². The molecule has 0 N–H and O–H groups in total. The predicted octanol–water partition coefficient (Wildman–Crippen LogP) is 3.91. The summed E-state index contributed by atoms with van der Waals surface area (Å²) in [6.07, 6.45) is -0.975. The molecule has 0 aliphatic heterocycles. The van der Waals surface area contributed by atoms with Gasteiger partial charge in [-0.3, -0.25) is 9.59 Å². The van der Waals surface area contributed by atoms with Gasteiger partial charge in [-0.1, -0.05) is 59.6 Å². The summed E-state index contributed by atoms with van der Waals surface area (Å²) in [5.41, 5.74) is 1.29. The first-order valence-corrected chi connectivity index (χ1v) is 8.03. The number of hydrogen-bond donors (Lipinski definition) is 0. The zero-order chi connectivity index (χ0) is 17.7. The number of hydrogen-bond acceptors (Lipinski definition) is 3. The number of ether oxygens (including phenoxy) is 1. The molecule has 0 fully saturated rings. The molecule has 1 amide bonds. The maximum Gasteiger partial charge on any atom is 0.311 e. The number of carbonyl (C=O) groups excluding carboxylic acids is 2. The van der Waals surface area contributed by atoms with Crippen molar-refractivity contribution < 1.29 is 14.3 Å². The van der Waals surface area contributed by atoms with Crippen molar-refractivity contribution in [1.29, 1.82) is 0 Å². The normalized spacial score (nSPS) is 11.7. The summed E-state index contributed by atoms with van der Waals surface area (Å²) in [6, 6.07) is 13.8. The van der Waals surface area contributed by atoms with Gasteiger partial charge in [-0.05, 0) is 17.7 Å². The Kier molecular flexibility index (Phi) is 6.23. The number of rotatable bonds is 5. The van der Waals surface area contributed by atoms with Crippen molar-refractivity contribution in [2.24, 2.45) is 0 Å². The summed E-state index contributed by atoms with van der Waals surface area (Å²) in [4.78, 5) is 26.0. The molecule has 126 valence electrons. The first-order valence-electron chi connectivity index (χ1n) is 7.28. The molecule has 0 spiro atoms. The Morgan fingerprint density at radius 3 is 2.29 bits per heavy atom. The lowest BCUT2D eigenvalue weighted by Crippen LogP contribution is -2.31. The van der Waals surface area contributed by atoms with Crippen LogP contribution in [0, 0.1) is 0 Å². The van der Waals surface area contributed by atoms with E-state index in [1.54, 1.807) is 56.6 Å². The Hall–Kier alpha value is -2.04. The average Bonchev–Trinajstić information content (AvgIpc) is 2.56. The summed E-state index contributed by atoms with van der Waals surface area (Å²) < 4.78 is 5.43. The third kappa shape index (κ3) is 4.73. The topological polar surface area (TPSA) is 46.6 Å². The lowest BCUT2D eigenvalue weighted by atomic mass is 10.1. The highest BCUT2D eigenvalue weighted by Crippen LogP contribution is 2.24. The Labute approximate surface area is 150 Å². The van der Waals surface area contributed by atoms with Crippen molar-refractivity contribution in [3.63, 3.8) is 0 Å². The second-order valence-electron chi connectivity index (χ2n) is 5.44. The van der Waals surface area contributed by atoms with Crippen LogP contribution in [0.25, 0.3) is 0 Å². The Morgan fingerprint density at radius 2 is 1.71 bits per heavy atom. The van der Waals surface area contributed by atoms with Crippen molar-refractivity contribution in [3.05, 3.63) is 69.7 Å².